The lowest BCUT2D eigenvalue weighted by Gasteiger charge is -2.14. The molecular formula is C10H12O2S. The standard InChI is InChI=1S/C10H12O2S/c1-6(11)7-5-13-9-4-2-3-8(12)10(7)9/h2-4,6-7,11-12H,5H2,1H3. The lowest BCUT2D eigenvalue weighted by molar-refractivity contribution is 0.169. The molecule has 1 aromatic rings. The summed E-state index contributed by atoms with van der Waals surface area (Å²) >= 11 is 1.70. The van der Waals surface area contributed by atoms with Gasteiger partial charge in [-0.2, -0.15) is 0 Å². The van der Waals surface area contributed by atoms with Crippen LogP contribution in [0.15, 0.2) is 23.1 Å². The molecule has 1 aromatic carbocycles. The van der Waals surface area contributed by atoms with Crippen molar-refractivity contribution in [3.63, 3.8) is 0 Å². The Balaban J connectivity index is 2.46. The summed E-state index contributed by atoms with van der Waals surface area (Å²) in [6.45, 7) is 1.77. The molecule has 1 aliphatic heterocycles. The molecule has 0 bridgehead atoms. The van der Waals surface area contributed by atoms with Gasteiger partial charge in [-0.3, -0.25) is 0 Å². The van der Waals surface area contributed by atoms with Crippen LogP contribution in [0.4, 0.5) is 0 Å². The van der Waals surface area contributed by atoms with Crippen LogP contribution in [0.3, 0.4) is 0 Å². The van der Waals surface area contributed by atoms with E-state index in [4.69, 9.17) is 0 Å². The van der Waals surface area contributed by atoms with E-state index < -0.39 is 0 Å². The van der Waals surface area contributed by atoms with Crippen molar-refractivity contribution in [1.82, 2.24) is 0 Å². The first-order chi connectivity index (χ1) is 6.20. The van der Waals surface area contributed by atoms with Crippen molar-refractivity contribution >= 4 is 11.8 Å². The molecule has 13 heavy (non-hydrogen) atoms. The van der Waals surface area contributed by atoms with Crippen LogP contribution in [0.25, 0.3) is 0 Å². The molecule has 0 spiro atoms. The largest absolute Gasteiger partial charge is 0.508 e. The van der Waals surface area contributed by atoms with E-state index in [2.05, 4.69) is 0 Å². The lowest BCUT2D eigenvalue weighted by Crippen LogP contribution is -2.13. The zero-order valence-corrected chi connectivity index (χ0v) is 8.21. The molecule has 0 radical (unpaired) electrons. The van der Waals surface area contributed by atoms with Crippen LogP contribution in [0.2, 0.25) is 0 Å². The number of hydrogen-bond donors (Lipinski definition) is 2. The second kappa shape index (κ2) is 3.24. The summed E-state index contributed by atoms with van der Waals surface area (Å²) < 4.78 is 0. The minimum absolute atomic E-state index is 0.0844. The van der Waals surface area contributed by atoms with Crippen LogP contribution in [0.1, 0.15) is 18.4 Å². The first-order valence-electron chi connectivity index (χ1n) is 4.33. The van der Waals surface area contributed by atoms with Crippen molar-refractivity contribution in [3.8, 4) is 5.75 Å². The summed E-state index contributed by atoms with van der Waals surface area (Å²) in [5, 5.41) is 19.1. The van der Waals surface area contributed by atoms with E-state index in [0.29, 0.717) is 5.75 Å². The summed E-state index contributed by atoms with van der Waals surface area (Å²) in [5.74, 6) is 1.26. The average Bonchev–Trinajstić information content (AvgIpc) is 2.49. The molecule has 70 valence electrons. The third kappa shape index (κ3) is 1.42. The zero-order valence-electron chi connectivity index (χ0n) is 7.40. The van der Waals surface area contributed by atoms with Crippen LogP contribution in [0, 0.1) is 0 Å². The second-order valence-electron chi connectivity index (χ2n) is 3.35. The van der Waals surface area contributed by atoms with E-state index in [1.807, 2.05) is 12.1 Å². The van der Waals surface area contributed by atoms with Gasteiger partial charge in [-0.15, -0.1) is 11.8 Å². The number of fused-ring (bicyclic) bond motifs is 1. The zero-order chi connectivity index (χ0) is 9.42. The van der Waals surface area contributed by atoms with E-state index in [1.165, 1.54) is 0 Å². The van der Waals surface area contributed by atoms with Gasteiger partial charge in [0.2, 0.25) is 0 Å². The fourth-order valence-corrected chi connectivity index (χ4v) is 3.06. The number of aromatic hydroxyl groups is 1. The van der Waals surface area contributed by atoms with Gasteiger partial charge in [0.05, 0.1) is 6.10 Å². The normalized spacial score (nSPS) is 22.8. The van der Waals surface area contributed by atoms with Gasteiger partial charge in [0.15, 0.2) is 0 Å². The number of rotatable bonds is 1. The molecule has 3 heteroatoms. The highest BCUT2D eigenvalue weighted by atomic mass is 32.2. The van der Waals surface area contributed by atoms with Crippen molar-refractivity contribution in [2.45, 2.75) is 23.8 Å². The number of benzene rings is 1. The quantitative estimate of drug-likeness (QED) is 0.721. The van der Waals surface area contributed by atoms with E-state index in [0.717, 1.165) is 16.2 Å². The van der Waals surface area contributed by atoms with Crippen LogP contribution in [-0.2, 0) is 0 Å². The van der Waals surface area contributed by atoms with E-state index in [1.54, 1.807) is 24.8 Å². The molecule has 0 aromatic heterocycles. The number of phenols is 1. The van der Waals surface area contributed by atoms with Gasteiger partial charge in [0.1, 0.15) is 5.75 Å². The van der Waals surface area contributed by atoms with Crippen molar-refractivity contribution in [3.05, 3.63) is 23.8 Å². The molecule has 2 rings (SSSR count). The smallest absolute Gasteiger partial charge is 0.120 e. The molecule has 2 nitrogen and oxygen atoms in total. The Morgan fingerprint density at radius 3 is 3.00 bits per heavy atom. The Bertz CT molecular complexity index is 323. The molecule has 1 aliphatic rings. The van der Waals surface area contributed by atoms with Crippen LogP contribution >= 0.6 is 11.8 Å². The van der Waals surface area contributed by atoms with Crippen LogP contribution in [-0.4, -0.2) is 22.1 Å². The molecule has 2 N–H and O–H groups in total. The Morgan fingerprint density at radius 1 is 1.54 bits per heavy atom. The number of thioether (sulfide) groups is 1. The van der Waals surface area contributed by atoms with Crippen molar-refractivity contribution in [1.29, 1.82) is 0 Å². The number of aliphatic hydroxyl groups is 1. The van der Waals surface area contributed by atoms with Gasteiger partial charge < -0.3 is 10.2 Å². The molecular weight excluding hydrogens is 184 g/mol. The van der Waals surface area contributed by atoms with E-state index in [9.17, 15) is 10.2 Å². The third-order valence-corrected chi connectivity index (χ3v) is 3.61. The molecule has 2 unspecified atom stereocenters. The van der Waals surface area contributed by atoms with Gasteiger partial charge in [-0.1, -0.05) is 6.07 Å². The average molecular weight is 196 g/mol. The monoisotopic (exact) mass is 196 g/mol. The Morgan fingerprint density at radius 2 is 2.31 bits per heavy atom. The number of hydrogen-bond acceptors (Lipinski definition) is 3. The lowest BCUT2D eigenvalue weighted by atomic mass is 9.96. The number of phenolic OH excluding ortho intramolecular Hbond substituents is 1. The maximum atomic E-state index is 9.63. The van der Waals surface area contributed by atoms with Gasteiger partial charge >= 0.3 is 0 Å². The maximum Gasteiger partial charge on any atom is 0.120 e. The van der Waals surface area contributed by atoms with E-state index in [-0.39, 0.29) is 12.0 Å². The fourth-order valence-electron chi connectivity index (χ4n) is 1.67. The molecule has 0 amide bonds. The highest BCUT2D eigenvalue weighted by molar-refractivity contribution is 7.99. The summed E-state index contributed by atoms with van der Waals surface area (Å²) in [7, 11) is 0. The highest BCUT2D eigenvalue weighted by Gasteiger charge is 2.29. The third-order valence-electron chi connectivity index (χ3n) is 2.41. The molecule has 0 saturated carbocycles. The second-order valence-corrected chi connectivity index (χ2v) is 4.41. The first kappa shape index (κ1) is 8.91. The highest BCUT2D eigenvalue weighted by Crippen LogP contribution is 2.45. The van der Waals surface area contributed by atoms with E-state index >= 15 is 0 Å². The summed E-state index contributed by atoms with van der Waals surface area (Å²) in [4.78, 5) is 1.10. The van der Waals surface area contributed by atoms with Gasteiger partial charge in [0.25, 0.3) is 0 Å². The minimum atomic E-state index is -0.387. The summed E-state index contributed by atoms with van der Waals surface area (Å²) in [5.41, 5.74) is 0.919. The van der Waals surface area contributed by atoms with Crippen LogP contribution < -0.4 is 0 Å². The minimum Gasteiger partial charge on any atom is -0.508 e. The SMILES string of the molecule is CC(O)C1CSc2cccc(O)c21. The summed E-state index contributed by atoms with van der Waals surface area (Å²) in [6.07, 6.45) is -0.387. The Labute approximate surface area is 81.6 Å². The van der Waals surface area contributed by atoms with Gasteiger partial charge in [-0.05, 0) is 19.1 Å². The molecule has 0 fully saturated rings. The summed E-state index contributed by atoms with van der Waals surface area (Å²) in [6, 6.07) is 5.51. The first-order valence-corrected chi connectivity index (χ1v) is 5.31. The molecule has 1 heterocycles. The molecule has 0 saturated heterocycles. The Kier molecular flexibility index (Phi) is 2.22. The fraction of sp³-hybridized carbons (Fsp3) is 0.400. The van der Waals surface area contributed by atoms with Crippen molar-refractivity contribution in [2.24, 2.45) is 0 Å². The maximum absolute atomic E-state index is 9.63. The van der Waals surface area contributed by atoms with Gasteiger partial charge in [0, 0.05) is 22.1 Å². The predicted octanol–water partition coefficient (Wildman–Crippen LogP) is 1.96. The molecule has 0 aliphatic carbocycles. The number of aliphatic hydroxyl groups excluding tert-OH is 1. The van der Waals surface area contributed by atoms with Crippen LogP contribution in [0.5, 0.6) is 5.75 Å². The van der Waals surface area contributed by atoms with Gasteiger partial charge in [-0.25, -0.2) is 0 Å². The predicted molar refractivity (Wildman–Crippen MR) is 53.3 cm³/mol. The van der Waals surface area contributed by atoms with Crippen molar-refractivity contribution < 1.29 is 10.2 Å². The Hall–Kier alpha value is -0.670. The van der Waals surface area contributed by atoms with Crippen molar-refractivity contribution in [2.75, 3.05) is 5.75 Å². The molecule has 2 atom stereocenters. The topological polar surface area (TPSA) is 40.5 Å².